The minimum atomic E-state index is -3.30. The van der Waals surface area contributed by atoms with Crippen LogP contribution in [0, 0.1) is 0 Å². The summed E-state index contributed by atoms with van der Waals surface area (Å²) in [5.74, 6) is 0.753. The molecule has 1 aromatic carbocycles. The second-order valence-electron chi connectivity index (χ2n) is 3.72. The van der Waals surface area contributed by atoms with Crippen molar-refractivity contribution >= 4 is 27.2 Å². The Morgan fingerprint density at radius 2 is 1.94 bits per heavy atom. The van der Waals surface area contributed by atoms with Crippen molar-refractivity contribution in [3.05, 3.63) is 36.7 Å². The molecule has 18 heavy (non-hydrogen) atoms. The average Bonchev–Trinajstić information content (AvgIpc) is 2.28. The summed E-state index contributed by atoms with van der Waals surface area (Å²) in [5.41, 5.74) is 5.98. The third-order valence-corrected chi connectivity index (χ3v) is 3.39. The number of sulfone groups is 1. The van der Waals surface area contributed by atoms with E-state index in [-0.39, 0.29) is 4.90 Å². The first-order valence-corrected chi connectivity index (χ1v) is 6.99. The Hall–Kier alpha value is -2.15. The summed E-state index contributed by atoms with van der Waals surface area (Å²) in [5, 5.41) is 2.91. The topological polar surface area (TPSA) is 98.0 Å². The summed E-state index contributed by atoms with van der Waals surface area (Å²) in [7, 11) is -3.30. The smallest absolute Gasteiger partial charge is 0.177 e. The van der Waals surface area contributed by atoms with Crippen molar-refractivity contribution in [2.24, 2.45) is 0 Å². The molecule has 0 saturated carbocycles. The van der Waals surface area contributed by atoms with E-state index >= 15 is 0 Å². The van der Waals surface area contributed by atoms with Crippen LogP contribution in [0.5, 0.6) is 0 Å². The molecule has 0 unspecified atom stereocenters. The molecule has 94 valence electrons. The highest BCUT2D eigenvalue weighted by Crippen LogP contribution is 2.23. The summed E-state index contributed by atoms with van der Waals surface area (Å²) in [6.07, 6.45) is 2.46. The first-order valence-electron chi connectivity index (χ1n) is 5.10. The maximum absolute atomic E-state index is 11.6. The van der Waals surface area contributed by atoms with Gasteiger partial charge >= 0.3 is 0 Å². The zero-order chi connectivity index (χ0) is 13.2. The van der Waals surface area contributed by atoms with Crippen LogP contribution >= 0.6 is 0 Å². The highest BCUT2D eigenvalue weighted by atomic mass is 32.2. The van der Waals surface area contributed by atoms with E-state index in [0.29, 0.717) is 17.3 Å². The quantitative estimate of drug-likeness (QED) is 0.864. The van der Waals surface area contributed by atoms with Crippen LogP contribution in [0.1, 0.15) is 0 Å². The summed E-state index contributed by atoms with van der Waals surface area (Å²) in [6, 6.07) is 8.12. The van der Waals surface area contributed by atoms with Gasteiger partial charge in [0.1, 0.15) is 18.0 Å². The Morgan fingerprint density at radius 3 is 2.61 bits per heavy atom. The van der Waals surface area contributed by atoms with Crippen molar-refractivity contribution in [1.82, 2.24) is 9.97 Å². The number of para-hydroxylation sites is 1. The van der Waals surface area contributed by atoms with Crippen molar-refractivity contribution in [3.63, 3.8) is 0 Å². The lowest BCUT2D eigenvalue weighted by Crippen LogP contribution is -2.04. The second kappa shape index (κ2) is 4.61. The molecule has 0 radical (unpaired) electrons. The molecule has 3 N–H and O–H groups in total. The lowest BCUT2D eigenvalue weighted by Gasteiger charge is -2.09. The number of nitrogen functional groups attached to an aromatic ring is 1. The Bertz CT molecular complexity index is 670. The number of benzene rings is 1. The van der Waals surface area contributed by atoms with E-state index in [4.69, 9.17) is 5.73 Å². The molecule has 0 fully saturated rings. The normalized spacial score (nSPS) is 11.2. The largest absolute Gasteiger partial charge is 0.384 e. The summed E-state index contributed by atoms with van der Waals surface area (Å²) in [6.45, 7) is 0. The molecule has 2 rings (SSSR count). The van der Waals surface area contributed by atoms with Gasteiger partial charge in [-0.15, -0.1) is 0 Å². The molecular weight excluding hydrogens is 252 g/mol. The number of hydrogen-bond acceptors (Lipinski definition) is 6. The molecule has 0 spiro atoms. The fourth-order valence-electron chi connectivity index (χ4n) is 1.47. The van der Waals surface area contributed by atoms with E-state index in [1.807, 2.05) is 0 Å². The van der Waals surface area contributed by atoms with Crippen LogP contribution in [-0.4, -0.2) is 24.6 Å². The average molecular weight is 264 g/mol. The van der Waals surface area contributed by atoms with Gasteiger partial charge in [-0.1, -0.05) is 12.1 Å². The summed E-state index contributed by atoms with van der Waals surface area (Å²) < 4.78 is 23.2. The first-order chi connectivity index (χ1) is 8.47. The summed E-state index contributed by atoms with van der Waals surface area (Å²) in [4.78, 5) is 7.93. The highest BCUT2D eigenvalue weighted by Gasteiger charge is 2.12. The molecule has 0 bridgehead atoms. The van der Waals surface area contributed by atoms with E-state index < -0.39 is 9.84 Å². The van der Waals surface area contributed by atoms with Gasteiger partial charge in [0.05, 0.1) is 10.6 Å². The van der Waals surface area contributed by atoms with Crippen molar-refractivity contribution in [2.45, 2.75) is 4.90 Å². The zero-order valence-corrected chi connectivity index (χ0v) is 10.5. The van der Waals surface area contributed by atoms with Crippen molar-refractivity contribution < 1.29 is 8.42 Å². The molecule has 2 aromatic rings. The molecule has 0 aliphatic rings. The van der Waals surface area contributed by atoms with Gasteiger partial charge < -0.3 is 11.1 Å². The molecule has 0 aliphatic heterocycles. The summed E-state index contributed by atoms with van der Waals surface area (Å²) >= 11 is 0. The van der Waals surface area contributed by atoms with Crippen LogP contribution in [-0.2, 0) is 9.84 Å². The van der Waals surface area contributed by atoms with Crippen LogP contribution < -0.4 is 11.1 Å². The first kappa shape index (κ1) is 12.3. The Balaban J connectivity index is 2.41. The van der Waals surface area contributed by atoms with E-state index in [1.165, 1.54) is 18.5 Å². The van der Waals surface area contributed by atoms with E-state index in [9.17, 15) is 8.42 Å². The van der Waals surface area contributed by atoms with Gasteiger partial charge in [-0.05, 0) is 12.1 Å². The minimum Gasteiger partial charge on any atom is -0.384 e. The van der Waals surface area contributed by atoms with Crippen molar-refractivity contribution in [2.75, 3.05) is 17.3 Å². The van der Waals surface area contributed by atoms with Crippen LogP contribution in [0.4, 0.5) is 17.3 Å². The molecule has 0 amide bonds. The number of rotatable bonds is 3. The number of nitrogens with two attached hydrogens (primary N) is 1. The number of anilines is 3. The third kappa shape index (κ3) is 2.75. The predicted molar refractivity (Wildman–Crippen MR) is 69.3 cm³/mol. The molecule has 0 aliphatic carbocycles. The standard InChI is InChI=1S/C11H12N4O2S/c1-18(16,17)9-5-3-2-4-8(9)15-11-6-10(12)13-7-14-11/h2-7H,1H3,(H3,12,13,14,15). The van der Waals surface area contributed by atoms with Crippen LogP contribution in [0.25, 0.3) is 0 Å². The van der Waals surface area contributed by atoms with Gasteiger partial charge in [-0.25, -0.2) is 18.4 Å². The molecule has 0 saturated heterocycles. The monoisotopic (exact) mass is 264 g/mol. The third-order valence-electron chi connectivity index (χ3n) is 2.24. The Labute approximate surface area is 105 Å². The van der Waals surface area contributed by atoms with Gasteiger partial charge in [0, 0.05) is 12.3 Å². The molecule has 1 heterocycles. The second-order valence-corrected chi connectivity index (χ2v) is 5.71. The fourth-order valence-corrected chi connectivity index (χ4v) is 2.32. The Kier molecular flexibility index (Phi) is 3.15. The lowest BCUT2D eigenvalue weighted by atomic mass is 10.3. The van der Waals surface area contributed by atoms with Gasteiger partial charge in [0.15, 0.2) is 9.84 Å². The highest BCUT2D eigenvalue weighted by molar-refractivity contribution is 7.90. The van der Waals surface area contributed by atoms with Gasteiger partial charge in [-0.3, -0.25) is 0 Å². The van der Waals surface area contributed by atoms with Gasteiger partial charge in [0.25, 0.3) is 0 Å². The minimum absolute atomic E-state index is 0.210. The maximum Gasteiger partial charge on any atom is 0.177 e. The van der Waals surface area contributed by atoms with Crippen LogP contribution in [0.2, 0.25) is 0 Å². The lowest BCUT2D eigenvalue weighted by molar-refractivity contribution is 0.602. The fraction of sp³-hybridized carbons (Fsp3) is 0.0909. The number of aromatic nitrogens is 2. The van der Waals surface area contributed by atoms with Crippen molar-refractivity contribution in [3.8, 4) is 0 Å². The predicted octanol–water partition coefficient (Wildman–Crippen LogP) is 1.21. The maximum atomic E-state index is 11.6. The van der Waals surface area contributed by atoms with E-state index in [0.717, 1.165) is 6.26 Å². The SMILES string of the molecule is CS(=O)(=O)c1ccccc1Nc1cc(N)ncn1. The molecule has 1 aromatic heterocycles. The van der Waals surface area contributed by atoms with E-state index in [2.05, 4.69) is 15.3 Å². The van der Waals surface area contributed by atoms with Crippen molar-refractivity contribution in [1.29, 1.82) is 0 Å². The number of nitrogens with one attached hydrogen (secondary N) is 1. The van der Waals surface area contributed by atoms with Gasteiger partial charge in [-0.2, -0.15) is 0 Å². The number of hydrogen-bond donors (Lipinski definition) is 2. The number of nitrogens with zero attached hydrogens (tertiary/aromatic N) is 2. The van der Waals surface area contributed by atoms with Crippen LogP contribution in [0.15, 0.2) is 41.6 Å². The van der Waals surface area contributed by atoms with E-state index in [1.54, 1.807) is 18.2 Å². The van der Waals surface area contributed by atoms with Crippen LogP contribution in [0.3, 0.4) is 0 Å². The molecule has 0 atom stereocenters. The van der Waals surface area contributed by atoms with Gasteiger partial charge in [0.2, 0.25) is 0 Å². The molecular formula is C11H12N4O2S. The Morgan fingerprint density at radius 1 is 1.22 bits per heavy atom. The zero-order valence-electron chi connectivity index (χ0n) is 9.66. The molecule has 7 heteroatoms. The molecule has 6 nitrogen and oxygen atoms in total.